The summed E-state index contributed by atoms with van der Waals surface area (Å²) in [5, 5.41) is 5.65. The van der Waals surface area contributed by atoms with Crippen LogP contribution in [0.2, 0.25) is 0 Å². The predicted octanol–water partition coefficient (Wildman–Crippen LogP) is 4.68. The molecule has 1 heterocycles. The average molecular weight is 365 g/mol. The van der Waals surface area contributed by atoms with E-state index >= 15 is 0 Å². The molecular formula is C21H20FN3O2. The summed E-state index contributed by atoms with van der Waals surface area (Å²) in [6, 6.07) is 16.5. The molecular weight excluding hydrogens is 345 g/mol. The number of carbonyl (C=O) groups excluding carboxylic acids is 1. The summed E-state index contributed by atoms with van der Waals surface area (Å²) < 4.78 is 18.9. The number of pyridine rings is 1. The molecule has 0 bridgehead atoms. The Morgan fingerprint density at radius 3 is 2.67 bits per heavy atom. The second-order valence-electron chi connectivity index (χ2n) is 6.05. The summed E-state index contributed by atoms with van der Waals surface area (Å²) in [5.74, 6) is 0.283. The first kappa shape index (κ1) is 18.4. The Morgan fingerprint density at radius 2 is 1.89 bits per heavy atom. The molecule has 0 radical (unpaired) electrons. The third-order valence-corrected chi connectivity index (χ3v) is 3.94. The number of nitrogens with zero attached hydrogens (tertiary/aromatic N) is 1. The number of rotatable bonds is 6. The number of ether oxygens (including phenoxy) is 1. The SMILES string of the molecule is CC(NC(=O)Nc1cccc(OCc2cccc(F)c2)c1)c1ccncc1. The summed E-state index contributed by atoms with van der Waals surface area (Å²) in [7, 11) is 0. The smallest absolute Gasteiger partial charge is 0.319 e. The third kappa shape index (κ3) is 5.54. The van der Waals surface area contributed by atoms with Crippen LogP contribution in [0.25, 0.3) is 0 Å². The van der Waals surface area contributed by atoms with Crippen LogP contribution >= 0.6 is 0 Å². The Kier molecular flexibility index (Phi) is 5.99. The molecule has 2 amide bonds. The van der Waals surface area contributed by atoms with Crippen molar-refractivity contribution in [2.75, 3.05) is 5.32 Å². The van der Waals surface area contributed by atoms with E-state index in [-0.39, 0.29) is 24.5 Å². The van der Waals surface area contributed by atoms with Crippen molar-refractivity contribution in [1.82, 2.24) is 10.3 Å². The number of amides is 2. The van der Waals surface area contributed by atoms with Crippen LogP contribution in [-0.4, -0.2) is 11.0 Å². The Labute approximate surface area is 157 Å². The van der Waals surface area contributed by atoms with Gasteiger partial charge in [0.05, 0.1) is 6.04 Å². The fourth-order valence-corrected chi connectivity index (χ4v) is 2.56. The molecule has 1 aromatic heterocycles. The molecule has 2 aromatic carbocycles. The lowest BCUT2D eigenvalue weighted by Gasteiger charge is -2.15. The lowest BCUT2D eigenvalue weighted by atomic mass is 10.1. The number of hydrogen-bond donors (Lipinski definition) is 2. The summed E-state index contributed by atoms with van der Waals surface area (Å²) in [6.45, 7) is 2.14. The molecule has 3 rings (SSSR count). The van der Waals surface area contributed by atoms with Gasteiger partial charge in [0.25, 0.3) is 0 Å². The van der Waals surface area contributed by atoms with Crippen molar-refractivity contribution in [1.29, 1.82) is 0 Å². The number of hydrogen-bond acceptors (Lipinski definition) is 3. The maximum absolute atomic E-state index is 13.2. The minimum atomic E-state index is -0.318. The van der Waals surface area contributed by atoms with Gasteiger partial charge < -0.3 is 15.4 Å². The Balaban J connectivity index is 1.56. The summed E-state index contributed by atoms with van der Waals surface area (Å²) in [6.07, 6.45) is 3.37. The van der Waals surface area contributed by atoms with Crippen molar-refractivity contribution < 1.29 is 13.9 Å². The first-order valence-electron chi connectivity index (χ1n) is 8.55. The molecule has 0 saturated carbocycles. The summed E-state index contributed by atoms with van der Waals surface area (Å²) in [4.78, 5) is 16.2. The maximum Gasteiger partial charge on any atom is 0.319 e. The fraction of sp³-hybridized carbons (Fsp3) is 0.143. The van der Waals surface area contributed by atoms with Crippen LogP contribution in [0, 0.1) is 5.82 Å². The van der Waals surface area contributed by atoms with E-state index in [1.807, 2.05) is 19.1 Å². The van der Waals surface area contributed by atoms with E-state index < -0.39 is 0 Å². The largest absolute Gasteiger partial charge is 0.489 e. The molecule has 0 saturated heterocycles. The third-order valence-electron chi connectivity index (χ3n) is 3.94. The molecule has 1 unspecified atom stereocenters. The van der Waals surface area contributed by atoms with E-state index in [2.05, 4.69) is 15.6 Å². The molecule has 5 nitrogen and oxygen atoms in total. The molecule has 2 N–H and O–H groups in total. The Morgan fingerprint density at radius 1 is 1.11 bits per heavy atom. The summed E-state index contributed by atoms with van der Waals surface area (Å²) in [5.41, 5.74) is 2.30. The van der Waals surface area contributed by atoms with Gasteiger partial charge in [0.1, 0.15) is 18.2 Å². The monoisotopic (exact) mass is 365 g/mol. The zero-order chi connectivity index (χ0) is 19.1. The van der Waals surface area contributed by atoms with Gasteiger partial charge in [0, 0.05) is 24.1 Å². The van der Waals surface area contributed by atoms with Crippen LogP contribution < -0.4 is 15.4 Å². The van der Waals surface area contributed by atoms with Crippen molar-refractivity contribution in [3.63, 3.8) is 0 Å². The minimum absolute atomic E-state index is 0.152. The first-order valence-corrected chi connectivity index (χ1v) is 8.55. The van der Waals surface area contributed by atoms with Gasteiger partial charge in [0.2, 0.25) is 0 Å². The predicted molar refractivity (Wildman–Crippen MR) is 102 cm³/mol. The molecule has 0 fully saturated rings. The van der Waals surface area contributed by atoms with Gasteiger partial charge in [0.15, 0.2) is 0 Å². The first-order chi connectivity index (χ1) is 13.1. The summed E-state index contributed by atoms with van der Waals surface area (Å²) >= 11 is 0. The van der Waals surface area contributed by atoms with Crippen LogP contribution in [0.1, 0.15) is 24.1 Å². The molecule has 3 aromatic rings. The number of aromatic nitrogens is 1. The van der Waals surface area contributed by atoms with Crippen LogP contribution in [-0.2, 0) is 6.61 Å². The van der Waals surface area contributed by atoms with Crippen molar-refractivity contribution >= 4 is 11.7 Å². The Hall–Kier alpha value is -3.41. The highest BCUT2D eigenvalue weighted by atomic mass is 19.1. The van der Waals surface area contributed by atoms with E-state index in [1.165, 1.54) is 12.1 Å². The fourth-order valence-electron chi connectivity index (χ4n) is 2.56. The van der Waals surface area contributed by atoms with E-state index in [0.717, 1.165) is 11.1 Å². The van der Waals surface area contributed by atoms with Crippen molar-refractivity contribution in [3.8, 4) is 5.75 Å². The van der Waals surface area contributed by atoms with Gasteiger partial charge in [-0.05, 0) is 54.4 Å². The van der Waals surface area contributed by atoms with Crippen LogP contribution in [0.15, 0.2) is 73.1 Å². The number of carbonyl (C=O) groups is 1. The molecule has 6 heteroatoms. The average Bonchev–Trinajstić information content (AvgIpc) is 2.67. The lowest BCUT2D eigenvalue weighted by Crippen LogP contribution is -2.31. The highest BCUT2D eigenvalue weighted by molar-refractivity contribution is 5.89. The van der Waals surface area contributed by atoms with Gasteiger partial charge in [-0.3, -0.25) is 4.98 Å². The second kappa shape index (κ2) is 8.80. The Bertz CT molecular complexity index is 903. The number of halogens is 1. The second-order valence-corrected chi connectivity index (χ2v) is 6.05. The van der Waals surface area contributed by atoms with Gasteiger partial charge in [-0.2, -0.15) is 0 Å². The van der Waals surface area contributed by atoms with Crippen molar-refractivity contribution in [2.45, 2.75) is 19.6 Å². The van der Waals surface area contributed by atoms with Gasteiger partial charge in [-0.25, -0.2) is 9.18 Å². The molecule has 1 atom stereocenters. The zero-order valence-electron chi connectivity index (χ0n) is 14.9. The zero-order valence-corrected chi connectivity index (χ0v) is 14.9. The molecule has 138 valence electrons. The molecule has 27 heavy (non-hydrogen) atoms. The van der Waals surface area contributed by atoms with Gasteiger partial charge >= 0.3 is 6.03 Å². The van der Waals surface area contributed by atoms with Crippen molar-refractivity contribution in [3.05, 3.63) is 90.0 Å². The van der Waals surface area contributed by atoms with E-state index in [4.69, 9.17) is 4.74 Å². The molecule has 0 spiro atoms. The van der Waals surface area contributed by atoms with E-state index in [0.29, 0.717) is 11.4 Å². The minimum Gasteiger partial charge on any atom is -0.489 e. The van der Waals surface area contributed by atoms with Gasteiger partial charge in [-0.1, -0.05) is 18.2 Å². The molecule has 0 aliphatic carbocycles. The number of benzene rings is 2. The topological polar surface area (TPSA) is 63.2 Å². The number of anilines is 1. The quantitative estimate of drug-likeness (QED) is 0.666. The van der Waals surface area contributed by atoms with E-state index in [1.54, 1.807) is 48.8 Å². The number of nitrogens with one attached hydrogen (secondary N) is 2. The standard InChI is InChI=1S/C21H20FN3O2/c1-15(17-8-10-23-11-9-17)24-21(26)25-19-6-3-7-20(13-19)27-14-16-4-2-5-18(22)12-16/h2-13,15H,14H2,1H3,(H2,24,25,26). The highest BCUT2D eigenvalue weighted by Crippen LogP contribution is 2.19. The molecule has 0 aliphatic heterocycles. The van der Waals surface area contributed by atoms with Gasteiger partial charge in [-0.15, -0.1) is 0 Å². The molecule has 0 aliphatic rings. The highest BCUT2D eigenvalue weighted by Gasteiger charge is 2.09. The van der Waals surface area contributed by atoms with Crippen LogP contribution in [0.3, 0.4) is 0 Å². The van der Waals surface area contributed by atoms with E-state index in [9.17, 15) is 9.18 Å². The normalized spacial score (nSPS) is 11.5. The lowest BCUT2D eigenvalue weighted by molar-refractivity contribution is 0.249. The van der Waals surface area contributed by atoms with Crippen LogP contribution in [0.5, 0.6) is 5.75 Å². The maximum atomic E-state index is 13.2. The van der Waals surface area contributed by atoms with Crippen molar-refractivity contribution in [2.24, 2.45) is 0 Å². The van der Waals surface area contributed by atoms with Crippen LogP contribution in [0.4, 0.5) is 14.9 Å². The number of urea groups is 1.